The van der Waals surface area contributed by atoms with E-state index in [1.807, 2.05) is 44.2 Å². The fraction of sp³-hybridized carbons (Fsp3) is 0.421. The number of aromatic amines is 1. The smallest absolute Gasteiger partial charge is 0.256 e. The van der Waals surface area contributed by atoms with Gasteiger partial charge in [0.2, 0.25) is 11.9 Å². The lowest BCUT2D eigenvalue weighted by Gasteiger charge is -2.17. The number of H-pyrrole nitrogens is 1. The van der Waals surface area contributed by atoms with Gasteiger partial charge in [0, 0.05) is 37.7 Å². The number of ether oxygens (including phenoxy) is 2. The van der Waals surface area contributed by atoms with Crippen LogP contribution >= 0.6 is 0 Å². The first-order chi connectivity index (χ1) is 12.5. The summed E-state index contributed by atoms with van der Waals surface area (Å²) in [6, 6.07) is 9.41. The fourth-order valence-electron chi connectivity index (χ4n) is 2.64. The van der Waals surface area contributed by atoms with Crippen molar-refractivity contribution < 1.29 is 14.3 Å². The molecule has 0 radical (unpaired) electrons. The lowest BCUT2D eigenvalue weighted by atomic mass is 10.0. The van der Waals surface area contributed by atoms with Crippen LogP contribution in [0.15, 0.2) is 35.1 Å². The average molecular weight is 359 g/mol. The van der Waals surface area contributed by atoms with Crippen LogP contribution in [0.4, 0.5) is 5.95 Å². The molecular weight excluding hydrogens is 334 g/mol. The van der Waals surface area contributed by atoms with Crippen LogP contribution in [0.3, 0.4) is 0 Å². The molecule has 2 rings (SSSR count). The molecule has 0 aliphatic heterocycles. The van der Waals surface area contributed by atoms with Crippen molar-refractivity contribution in [3.05, 3.63) is 46.2 Å². The molecule has 1 aromatic heterocycles. The lowest BCUT2D eigenvalue weighted by molar-refractivity contribution is -0.139. The van der Waals surface area contributed by atoms with Crippen LogP contribution < -0.4 is 10.9 Å². The van der Waals surface area contributed by atoms with Crippen LogP contribution in [0.1, 0.15) is 32.8 Å². The van der Waals surface area contributed by atoms with Gasteiger partial charge < -0.3 is 9.47 Å². The third-order valence-corrected chi connectivity index (χ3v) is 3.69. The quantitative estimate of drug-likeness (QED) is 0.672. The zero-order valence-corrected chi connectivity index (χ0v) is 15.4. The van der Waals surface area contributed by atoms with Crippen molar-refractivity contribution in [1.82, 2.24) is 9.97 Å². The Kier molecular flexibility index (Phi) is 7.50. The van der Waals surface area contributed by atoms with Crippen molar-refractivity contribution in [2.75, 3.05) is 18.5 Å². The first kappa shape index (κ1) is 19.8. The van der Waals surface area contributed by atoms with Gasteiger partial charge in [-0.3, -0.25) is 19.9 Å². The fourth-order valence-corrected chi connectivity index (χ4v) is 2.64. The van der Waals surface area contributed by atoms with Crippen LogP contribution in [0, 0.1) is 0 Å². The van der Waals surface area contributed by atoms with Crippen molar-refractivity contribution in [2.45, 2.75) is 39.9 Å². The Morgan fingerprint density at radius 2 is 1.85 bits per heavy atom. The lowest BCUT2D eigenvalue weighted by Crippen LogP contribution is -2.23. The molecule has 0 bridgehead atoms. The summed E-state index contributed by atoms with van der Waals surface area (Å²) >= 11 is 0. The Morgan fingerprint density at radius 1 is 1.19 bits per heavy atom. The summed E-state index contributed by atoms with van der Waals surface area (Å²) in [5.41, 5.74) is 1.61. The summed E-state index contributed by atoms with van der Waals surface area (Å²) < 4.78 is 11.1. The number of amides is 1. The van der Waals surface area contributed by atoms with Crippen molar-refractivity contribution >= 4 is 11.9 Å². The SMILES string of the molecule is CCOC(CCc1c(-c2ccccc2)nc(NC(C)=O)[nH]c1=O)OCC. The van der Waals surface area contributed by atoms with Crippen molar-refractivity contribution in [2.24, 2.45) is 0 Å². The van der Waals surface area contributed by atoms with Crippen LogP contribution in [0.5, 0.6) is 0 Å². The van der Waals surface area contributed by atoms with Gasteiger partial charge >= 0.3 is 0 Å². The van der Waals surface area contributed by atoms with Crippen LogP contribution in [-0.4, -0.2) is 35.4 Å². The molecule has 140 valence electrons. The Labute approximate surface area is 152 Å². The maximum atomic E-state index is 12.6. The molecule has 0 fully saturated rings. The molecule has 0 aliphatic rings. The Balaban J connectivity index is 2.37. The third-order valence-electron chi connectivity index (χ3n) is 3.69. The number of carbonyl (C=O) groups is 1. The third kappa shape index (κ3) is 5.50. The van der Waals surface area contributed by atoms with E-state index in [1.54, 1.807) is 0 Å². The standard InChI is InChI=1S/C19H25N3O4/c1-4-25-16(26-5-2)12-11-15-17(14-9-7-6-8-10-14)21-19(20-13(3)23)22-18(15)24/h6-10,16H,4-5,11-12H2,1-3H3,(H2,20,21,22,23,24). The Bertz CT molecular complexity index is 768. The van der Waals surface area contributed by atoms with Crippen molar-refractivity contribution in [3.63, 3.8) is 0 Å². The largest absolute Gasteiger partial charge is 0.353 e. The molecule has 1 amide bonds. The number of carbonyl (C=O) groups excluding carboxylic acids is 1. The van der Waals surface area contributed by atoms with E-state index < -0.39 is 0 Å². The van der Waals surface area contributed by atoms with Gasteiger partial charge in [0.1, 0.15) is 0 Å². The Morgan fingerprint density at radius 3 is 2.42 bits per heavy atom. The minimum atomic E-state index is -0.372. The number of hydrogen-bond acceptors (Lipinski definition) is 5. The molecule has 0 atom stereocenters. The van der Waals surface area contributed by atoms with Crippen LogP contribution in [0.25, 0.3) is 11.3 Å². The topological polar surface area (TPSA) is 93.3 Å². The van der Waals surface area contributed by atoms with Crippen LogP contribution in [0.2, 0.25) is 0 Å². The second-order valence-electron chi connectivity index (χ2n) is 5.67. The number of anilines is 1. The average Bonchev–Trinajstić information content (AvgIpc) is 2.61. The highest BCUT2D eigenvalue weighted by Gasteiger charge is 2.17. The van der Waals surface area contributed by atoms with E-state index in [9.17, 15) is 9.59 Å². The maximum Gasteiger partial charge on any atom is 0.256 e. The summed E-state index contributed by atoms with van der Waals surface area (Å²) in [5.74, 6) is -0.163. The highest BCUT2D eigenvalue weighted by molar-refractivity contribution is 5.87. The molecule has 1 aromatic carbocycles. The molecule has 7 nitrogen and oxygen atoms in total. The molecule has 0 saturated heterocycles. The summed E-state index contributed by atoms with van der Waals surface area (Å²) in [6.45, 7) is 6.24. The summed E-state index contributed by atoms with van der Waals surface area (Å²) in [7, 11) is 0. The molecule has 0 aliphatic carbocycles. The molecule has 0 unspecified atom stereocenters. The van der Waals surface area contributed by atoms with Crippen molar-refractivity contribution in [3.8, 4) is 11.3 Å². The normalized spacial score (nSPS) is 10.9. The molecule has 26 heavy (non-hydrogen) atoms. The number of nitrogens with one attached hydrogen (secondary N) is 2. The number of aromatic nitrogens is 2. The van der Waals surface area contributed by atoms with Gasteiger partial charge in [-0.15, -0.1) is 0 Å². The molecule has 7 heteroatoms. The van der Waals surface area contributed by atoms with E-state index >= 15 is 0 Å². The molecule has 1 heterocycles. The first-order valence-electron chi connectivity index (χ1n) is 8.74. The molecule has 0 saturated carbocycles. The van der Waals surface area contributed by atoms with Gasteiger partial charge in [0.15, 0.2) is 6.29 Å². The zero-order chi connectivity index (χ0) is 18.9. The summed E-state index contributed by atoms with van der Waals surface area (Å²) in [5, 5.41) is 2.53. The van der Waals surface area contributed by atoms with E-state index in [2.05, 4.69) is 15.3 Å². The van der Waals surface area contributed by atoms with Gasteiger partial charge in [0.05, 0.1) is 5.69 Å². The second-order valence-corrected chi connectivity index (χ2v) is 5.67. The number of benzene rings is 1. The van der Waals surface area contributed by atoms with E-state index in [-0.39, 0.29) is 23.7 Å². The predicted molar refractivity (Wildman–Crippen MR) is 100.0 cm³/mol. The van der Waals surface area contributed by atoms with Gasteiger partial charge in [-0.05, 0) is 20.3 Å². The monoisotopic (exact) mass is 359 g/mol. The summed E-state index contributed by atoms with van der Waals surface area (Å²) in [4.78, 5) is 31.0. The molecule has 2 N–H and O–H groups in total. The van der Waals surface area contributed by atoms with Gasteiger partial charge in [-0.25, -0.2) is 4.98 Å². The first-order valence-corrected chi connectivity index (χ1v) is 8.74. The maximum absolute atomic E-state index is 12.6. The van der Waals surface area contributed by atoms with E-state index in [0.717, 1.165) is 5.56 Å². The van der Waals surface area contributed by atoms with E-state index in [0.29, 0.717) is 37.3 Å². The van der Waals surface area contributed by atoms with E-state index in [1.165, 1.54) is 6.92 Å². The highest BCUT2D eigenvalue weighted by atomic mass is 16.7. The second kappa shape index (κ2) is 9.84. The molecular formula is C19H25N3O4. The minimum absolute atomic E-state index is 0.135. The van der Waals surface area contributed by atoms with E-state index in [4.69, 9.17) is 9.47 Å². The van der Waals surface area contributed by atoms with Gasteiger partial charge in [-0.1, -0.05) is 30.3 Å². The summed E-state index contributed by atoms with van der Waals surface area (Å²) in [6.07, 6.45) is 0.603. The molecule has 0 spiro atoms. The Hall–Kier alpha value is -2.51. The van der Waals surface area contributed by atoms with Crippen LogP contribution in [-0.2, 0) is 20.7 Å². The van der Waals surface area contributed by atoms with Gasteiger partial charge in [-0.2, -0.15) is 0 Å². The number of hydrogen-bond donors (Lipinski definition) is 2. The highest BCUT2D eigenvalue weighted by Crippen LogP contribution is 2.22. The van der Waals surface area contributed by atoms with Gasteiger partial charge in [0.25, 0.3) is 5.56 Å². The zero-order valence-electron chi connectivity index (χ0n) is 15.4. The minimum Gasteiger partial charge on any atom is -0.353 e. The number of rotatable bonds is 9. The number of nitrogens with zero attached hydrogens (tertiary/aromatic N) is 1. The van der Waals surface area contributed by atoms with Crippen molar-refractivity contribution in [1.29, 1.82) is 0 Å². The predicted octanol–water partition coefficient (Wildman–Crippen LogP) is 2.73. The molecule has 2 aromatic rings.